The Morgan fingerprint density at radius 3 is 2.59 bits per heavy atom. The van der Waals surface area contributed by atoms with E-state index in [0.717, 1.165) is 15.2 Å². The highest BCUT2D eigenvalue weighted by atomic mass is 79.9. The van der Waals surface area contributed by atoms with Crippen LogP contribution in [-0.4, -0.2) is 16.8 Å². The maximum Gasteiger partial charge on any atom is 0.302 e. The van der Waals surface area contributed by atoms with Gasteiger partial charge >= 0.3 is 6.01 Å². The number of fused-ring (bicyclic) bond motifs is 2. The van der Waals surface area contributed by atoms with Crippen LogP contribution in [0.25, 0.3) is 21.9 Å². The Hall–Kier alpha value is -3.19. The van der Waals surface area contributed by atoms with E-state index in [1.807, 2.05) is 30.3 Å². The van der Waals surface area contributed by atoms with E-state index in [0.29, 0.717) is 22.4 Å². The van der Waals surface area contributed by atoms with Gasteiger partial charge in [0.15, 0.2) is 5.58 Å². The number of oxazole rings is 1. The van der Waals surface area contributed by atoms with Crippen LogP contribution in [0.3, 0.4) is 0 Å². The maximum atomic E-state index is 12.7. The zero-order valence-electron chi connectivity index (χ0n) is 14.2. The average Bonchev–Trinajstić information content (AvgIpc) is 3.02. The van der Waals surface area contributed by atoms with Crippen molar-refractivity contribution in [1.82, 2.24) is 4.98 Å². The van der Waals surface area contributed by atoms with Gasteiger partial charge in [-0.2, -0.15) is 4.98 Å². The van der Waals surface area contributed by atoms with Crippen LogP contribution in [0.5, 0.6) is 0 Å². The number of halogens is 1. The molecule has 0 unspecified atom stereocenters. The van der Waals surface area contributed by atoms with Crippen molar-refractivity contribution in [3.63, 3.8) is 0 Å². The molecule has 0 atom stereocenters. The van der Waals surface area contributed by atoms with Crippen molar-refractivity contribution >= 4 is 61.3 Å². The van der Waals surface area contributed by atoms with Crippen molar-refractivity contribution in [1.29, 1.82) is 0 Å². The molecule has 0 aliphatic rings. The molecule has 0 saturated heterocycles. The lowest BCUT2D eigenvalue weighted by Crippen LogP contribution is -2.12. The van der Waals surface area contributed by atoms with Crippen LogP contribution in [0.15, 0.2) is 63.5 Å². The van der Waals surface area contributed by atoms with E-state index in [1.165, 1.54) is 6.92 Å². The molecule has 0 aliphatic carbocycles. The minimum Gasteiger partial charge on any atom is -0.423 e. The van der Waals surface area contributed by atoms with Crippen LogP contribution in [0, 0.1) is 0 Å². The quantitative estimate of drug-likeness (QED) is 0.487. The summed E-state index contributed by atoms with van der Waals surface area (Å²) in [4.78, 5) is 28.2. The van der Waals surface area contributed by atoms with E-state index in [2.05, 4.69) is 31.5 Å². The number of anilines is 2. The zero-order valence-corrected chi connectivity index (χ0v) is 15.8. The highest BCUT2D eigenvalue weighted by molar-refractivity contribution is 9.10. The van der Waals surface area contributed by atoms with Gasteiger partial charge in [-0.15, -0.1) is 0 Å². The lowest BCUT2D eigenvalue weighted by atomic mass is 10.0. The fourth-order valence-electron chi connectivity index (χ4n) is 2.89. The molecule has 0 fully saturated rings. The topological polar surface area (TPSA) is 84.2 Å². The molecule has 0 radical (unpaired) electrons. The second-order valence-electron chi connectivity index (χ2n) is 5.98. The van der Waals surface area contributed by atoms with Gasteiger partial charge in [0.1, 0.15) is 5.52 Å². The molecule has 4 aromatic rings. The summed E-state index contributed by atoms with van der Waals surface area (Å²) in [5.74, 6) is -0.489. The third kappa shape index (κ3) is 3.41. The molecule has 7 heteroatoms. The maximum absolute atomic E-state index is 12.7. The number of hydrogen-bond acceptors (Lipinski definition) is 4. The normalized spacial score (nSPS) is 10.9. The van der Waals surface area contributed by atoms with Crippen LogP contribution in [0.4, 0.5) is 11.7 Å². The molecule has 2 N–H and O–H groups in total. The molecule has 27 heavy (non-hydrogen) atoms. The number of nitrogens with zero attached hydrogens (tertiary/aromatic N) is 1. The first-order chi connectivity index (χ1) is 13.0. The lowest BCUT2D eigenvalue weighted by Gasteiger charge is -2.06. The smallest absolute Gasteiger partial charge is 0.302 e. The predicted octanol–water partition coefficient (Wildman–Crippen LogP) is 4.95. The van der Waals surface area contributed by atoms with Crippen molar-refractivity contribution in [3.8, 4) is 0 Å². The first kappa shape index (κ1) is 17.2. The van der Waals surface area contributed by atoms with Crippen molar-refractivity contribution in [3.05, 3.63) is 64.6 Å². The second kappa shape index (κ2) is 6.85. The van der Waals surface area contributed by atoms with Crippen LogP contribution in [0.1, 0.15) is 17.3 Å². The van der Waals surface area contributed by atoms with Gasteiger partial charge in [-0.05, 0) is 35.0 Å². The molecule has 0 spiro atoms. The Labute approximate surface area is 162 Å². The van der Waals surface area contributed by atoms with Crippen molar-refractivity contribution in [2.24, 2.45) is 0 Å². The van der Waals surface area contributed by atoms with E-state index in [9.17, 15) is 9.59 Å². The molecule has 3 aromatic carbocycles. The fraction of sp³-hybridized carbons (Fsp3) is 0.0500. The molecule has 134 valence electrons. The summed E-state index contributed by atoms with van der Waals surface area (Å²) >= 11 is 3.50. The van der Waals surface area contributed by atoms with Crippen LogP contribution < -0.4 is 10.6 Å². The van der Waals surface area contributed by atoms with Gasteiger partial charge in [0.2, 0.25) is 5.91 Å². The Morgan fingerprint density at radius 2 is 1.78 bits per heavy atom. The third-order valence-corrected chi connectivity index (χ3v) is 4.73. The number of carbonyl (C=O) groups excluding carboxylic acids is 2. The minimum absolute atomic E-state index is 0.0991. The van der Waals surface area contributed by atoms with Gasteiger partial charge in [0.05, 0.1) is 0 Å². The third-order valence-electron chi connectivity index (χ3n) is 4.04. The van der Waals surface area contributed by atoms with Crippen molar-refractivity contribution in [2.45, 2.75) is 6.92 Å². The summed E-state index contributed by atoms with van der Waals surface area (Å²) < 4.78 is 6.53. The highest BCUT2D eigenvalue weighted by Gasteiger charge is 2.15. The first-order valence-electron chi connectivity index (χ1n) is 8.18. The van der Waals surface area contributed by atoms with Crippen LogP contribution in [0.2, 0.25) is 0 Å². The molecule has 1 aromatic heterocycles. The number of carbonyl (C=O) groups is 2. The molecule has 0 saturated carbocycles. The molecule has 0 bridgehead atoms. The number of aromatic nitrogens is 1. The van der Waals surface area contributed by atoms with E-state index < -0.39 is 0 Å². The molecule has 6 nitrogen and oxygen atoms in total. The summed E-state index contributed by atoms with van der Waals surface area (Å²) in [6.45, 7) is 1.43. The standard InChI is InChI=1S/C20H14BrN3O3/c1-11(25)22-12-8-9-17-18(10-12)27-20(23-17)24-19(26)15-6-2-5-14-13(15)4-3-7-16(14)21/h2-10H,1H3,(H,22,25)(H,23,24,26). The van der Waals surface area contributed by atoms with Crippen molar-refractivity contribution in [2.75, 3.05) is 10.6 Å². The van der Waals surface area contributed by atoms with Crippen LogP contribution >= 0.6 is 15.9 Å². The van der Waals surface area contributed by atoms with Gasteiger partial charge in [-0.25, -0.2) is 0 Å². The molecular weight excluding hydrogens is 410 g/mol. The largest absolute Gasteiger partial charge is 0.423 e. The second-order valence-corrected chi connectivity index (χ2v) is 6.83. The monoisotopic (exact) mass is 423 g/mol. The number of benzene rings is 3. The van der Waals surface area contributed by atoms with Crippen LogP contribution in [-0.2, 0) is 4.79 Å². The van der Waals surface area contributed by atoms with Gasteiger partial charge in [-0.1, -0.05) is 40.2 Å². The Bertz CT molecular complexity index is 1200. The Balaban J connectivity index is 1.65. The summed E-state index contributed by atoms with van der Waals surface area (Å²) in [7, 11) is 0. The average molecular weight is 424 g/mol. The summed E-state index contributed by atoms with van der Waals surface area (Å²) in [5.41, 5.74) is 2.18. The van der Waals surface area contributed by atoms with E-state index in [4.69, 9.17) is 4.42 Å². The summed E-state index contributed by atoms with van der Waals surface area (Å²) in [5, 5.41) is 7.15. The Kier molecular flexibility index (Phi) is 4.37. The van der Waals surface area contributed by atoms with Gasteiger partial charge < -0.3 is 9.73 Å². The van der Waals surface area contributed by atoms with Gasteiger partial charge in [0, 0.05) is 28.7 Å². The van der Waals surface area contributed by atoms with Gasteiger partial charge in [-0.3, -0.25) is 14.9 Å². The van der Waals surface area contributed by atoms with E-state index in [-0.39, 0.29) is 17.8 Å². The first-order valence-corrected chi connectivity index (χ1v) is 8.97. The number of amides is 2. The van der Waals surface area contributed by atoms with E-state index >= 15 is 0 Å². The fourth-order valence-corrected chi connectivity index (χ4v) is 3.39. The number of rotatable bonds is 3. The molecule has 0 aliphatic heterocycles. The zero-order chi connectivity index (χ0) is 19.0. The highest BCUT2D eigenvalue weighted by Crippen LogP contribution is 2.27. The molecular formula is C20H14BrN3O3. The molecule has 4 rings (SSSR count). The number of nitrogens with one attached hydrogen (secondary N) is 2. The molecule has 1 heterocycles. The van der Waals surface area contributed by atoms with Gasteiger partial charge in [0.25, 0.3) is 5.91 Å². The number of hydrogen-bond donors (Lipinski definition) is 2. The lowest BCUT2D eigenvalue weighted by molar-refractivity contribution is -0.114. The van der Waals surface area contributed by atoms with E-state index in [1.54, 1.807) is 24.3 Å². The predicted molar refractivity (Wildman–Crippen MR) is 108 cm³/mol. The Morgan fingerprint density at radius 1 is 1.00 bits per heavy atom. The SMILES string of the molecule is CC(=O)Nc1ccc2nc(NC(=O)c3cccc4c(Br)cccc34)oc2c1. The summed E-state index contributed by atoms with van der Waals surface area (Å²) in [6.07, 6.45) is 0. The minimum atomic E-state index is -0.313. The summed E-state index contributed by atoms with van der Waals surface area (Å²) in [6, 6.07) is 16.4. The molecule has 2 amide bonds. The van der Waals surface area contributed by atoms with Crippen molar-refractivity contribution < 1.29 is 14.0 Å².